The lowest BCUT2D eigenvalue weighted by atomic mass is 9.94. The van der Waals surface area contributed by atoms with Gasteiger partial charge in [-0.05, 0) is 51.4 Å². The molecule has 2 aliphatic rings. The van der Waals surface area contributed by atoms with Crippen molar-refractivity contribution in [2.75, 3.05) is 31.1 Å². The third kappa shape index (κ3) is 5.70. The summed E-state index contributed by atoms with van der Waals surface area (Å²) in [5.41, 5.74) is -4.15. The first kappa shape index (κ1) is 32.0. The Labute approximate surface area is 237 Å². The molecule has 0 amide bonds. The van der Waals surface area contributed by atoms with Crippen LogP contribution in [-0.4, -0.2) is 67.1 Å². The summed E-state index contributed by atoms with van der Waals surface area (Å²) >= 11 is 0. The summed E-state index contributed by atoms with van der Waals surface area (Å²) in [6, 6.07) is 4.24. The van der Waals surface area contributed by atoms with Crippen molar-refractivity contribution >= 4 is 10.8 Å². The van der Waals surface area contributed by atoms with E-state index in [9.17, 15) is 49.5 Å². The van der Waals surface area contributed by atoms with Gasteiger partial charge in [-0.1, -0.05) is 0 Å². The maximum Gasteiger partial charge on any atom is 0.453 e. The highest BCUT2D eigenvalue weighted by molar-refractivity contribution is 7.84. The number of fused-ring (bicyclic) bond motifs is 5. The predicted molar refractivity (Wildman–Crippen MR) is 134 cm³/mol. The quantitative estimate of drug-likeness (QED) is 0.347. The zero-order valence-corrected chi connectivity index (χ0v) is 23.2. The summed E-state index contributed by atoms with van der Waals surface area (Å²) in [6.07, 6.45) is -12.2. The van der Waals surface area contributed by atoms with Crippen LogP contribution in [0.25, 0.3) is 5.69 Å². The van der Waals surface area contributed by atoms with Crippen LogP contribution in [0.5, 0.6) is 11.8 Å². The fraction of sp³-hybridized carbons (Fsp3) is 0.577. The van der Waals surface area contributed by atoms with Crippen LogP contribution in [0.4, 0.5) is 35.1 Å². The summed E-state index contributed by atoms with van der Waals surface area (Å²) < 4.78 is 123. The van der Waals surface area contributed by atoms with E-state index in [0.29, 0.717) is 19.0 Å². The van der Waals surface area contributed by atoms with Gasteiger partial charge in [0.05, 0.1) is 34.0 Å². The number of hydrogen-bond donors (Lipinski definition) is 2. The molecule has 1 unspecified atom stereocenters. The van der Waals surface area contributed by atoms with Crippen LogP contribution in [0.15, 0.2) is 18.2 Å². The molecule has 7 nitrogen and oxygen atoms in total. The number of benzene rings is 1. The third-order valence-electron chi connectivity index (χ3n) is 7.49. The van der Waals surface area contributed by atoms with Gasteiger partial charge in [0.1, 0.15) is 11.2 Å². The second-order valence-corrected chi connectivity index (χ2v) is 12.6. The Balaban J connectivity index is 1.47. The average molecular weight is 630 g/mol. The Morgan fingerprint density at radius 3 is 2.02 bits per heavy atom. The first-order chi connectivity index (χ1) is 19.2. The molecule has 0 radical (unpaired) electrons. The summed E-state index contributed by atoms with van der Waals surface area (Å²) in [7, 11) is -1.63. The van der Waals surface area contributed by atoms with Gasteiger partial charge in [-0.3, -0.25) is 13.7 Å². The van der Waals surface area contributed by atoms with E-state index in [1.54, 1.807) is 13.8 Å². The molecule has 4 rings (SSSR count). The molecule has 1 fully saturated rings. The van der Waals surface area contributed by atoms with Crippen molar-refractivity contribution in [3.05, 3.63) is 40.5 Å². The molecule has 2 bridgehead atoms. The number of halogens is 8. The lowest BCUT2D eigenvalue weighted by Crippen LogP contribution is -2.52. The van der Waals surface area contributed by atoms with Crippen molar-refractivity contribution in [1.29, 1.82) is 5.26 Å². The van der Waals surface area contributed by atoms with Crippen molar-refractivity contribution in [1.82, 2.24) is 9.47 Å². The van der Waals surface area contributed by atoms with Crippen molar-refractivity contribution in [2.45, 2.75) is 62.6 Å². The highest BCUT2D eigenvalue weighted by atomic mass is 32.2. The van der Waals surface area contributed by atoms with Crippen LogP contribution in [0, 0.1) is 11.3 Å². The van der Waals surface area contributed by atoms with Crippen molar-refractivity contribution < 1.29 is 54.3 Å². The minimum atomic E-state index is -5.66. The highest BCUT2D eigenvalue weighted by Crippen LogP contribution is 2.59. The minimum Gasteiger partial charge on any atom is -0.494 e. The molecule has 2 aliphatic heterocycles. The van der Waals surface area contributed by atoms with Gasteiger partial charge < -0.3 is 14.9 Å². The Kier molecular flexibility index (Phi) is 8.14. The molecular formula is C26H27F8N3O4S. The van der Waals surface area contributed by atoms with Gasteiger partial charge >= 0.3 is 18.3 Å². The summed E-state index contributed by atoms with van der Waals surface area (Å²) in [5, 5.41) is 31.4. The number of aromatic nitrogens is 1. The predicted octanol–water partition coefficient (Wildman–Crippen LogP) is 5.67. The van der Waals surface area contributed by atoms with Gasteiger partial charge in [0, 0.05) is 41.8 Å². The number of ether oxygens (including phenoxy) is 1. The SMILES string of the molecule is C[C@]12CN(CCCS(=O)CCCC(F)(F)C(F)(F)F)C[C@](C)(O1)c1c2c(O)n(-c2ccc(C#N)c(C(F)(F)F)c2)c1O. The number of aromatic hydroxyl groups is 2. The topological polar surface area (TPSA) is 98.7 Å². The van der Waals surface area contributed by atoms with Crippen molar-refractivity contribution in [3.8, 4) is 23.5 Å². The number of alkyl halides is 8. The van der Waals surface area contributed by atoms with Crippen LogP contribution in [-0.2, 0) is 32.9 Å². The standard InChI is InChI=1S/C26H27F8N3O4S/c1-22-13-36(8-4-10-42(40)9-3-7-24(27,28)26(32,33)34)14-23(2,41-22)19-18(22)20(38)37(21(19)39)16-6-5-15(12-35)17(11-16)25(29,30)31/h5-6,11,38-39H,3-4,7-10,13-14H2,1-2H3/t22-,23+,42?. The van der Waals surface area contributed by atoms with Gasteiger partial charge in [-0.2, -0.15) is 40.4 Å². The van der Waals surface area contributed by atoms with E-state index in [4.69, 9.17) is 10.00 Å². The van der Waals surface area contributed by atoms with Crippen molar-refractivity contribution in [3.63, 3.8) is 0 Å². The average Bonchev–Trinajstić information content (AvgIpc) is 3.22. The zero-order valence-electron chi connectivity index (χ0n) is 22.4. The molecule has 0 aliphatic carbocycles. The van der Waals surface area contributed by atoms with Crippen LogP contribution < -0.4 is 0 Å². The van der Waals surface area contributed by atoms with E-state index in [1.165, 1.54) is 12.1 Å². The Bertz CT molecular complexity index is 1390. The smallest absolute Gasteiger partial charge is 0.453 e. The maximum absolute atomic E-state index is 13.5. The molecule has 232 valence electrons. The van der Waals surface area contributed by atoms with Gasteiger partial charge in [-0.15, -0.1) is 0 Å². The first-order valence-electron chi connectivity index (χ1n) is 12.8. The Morgan fingerprint density at radius 2 is 1.52 bits per heavy atom. The largest absolute Gasteiger partial charge is 0.494 e. The number of morpholine rings is 1. The Morgan fingerprint density at radius 1 is 0.976 bits per heavy atom. The number of rotatable bonds is 9. The monoisotopic (exact) mass is 629 g/mol. The second-order valence-electron chi connectivity index (χ2n) is 10.9. The van der Waals surface area contributed by atoms with Crippen LogP contribution in [0.3, 0.4) is 0 Å². The zero-order chi connectivity index (χ0) is 31.5. The van der Waals surface area contributed by atoms with Crippen LogP contribution >= 0.6 is 0 Å². The third-order valence-corrected chi connectivity index (χ3v) is 8.98. The molecule has 0 spiro atoms. The molecule has 2 N–H and O–H groups in total. The highest BCUT2D eigenvalue weighted by Gasteiger charge is 2.59. The number of hydrogen-bond acceptors (Lipinski definition) is 6. The molecule has 16 heteroatoms. The first-order valence-corrected chi connectivity index (χ1v) is 14.2. The molecule has 1 saturated heterocycles. The van der Waals surface area contributed by atoms with E-state index < -0.39 is 76.0 Å². The fourth-order valence-corrected chi connectivity index (χ4v) is 6.96. The maximum atomic E-state index is 13.5. The second kappa shape index (κ2) is 10.7. The summed E-state index contributed by atoms with van der Waals surface area (Å²) in [6.45, 7) is 3.92. The molecule has 1 aromatic carbocycles. The van der Waals surface area contributed by atoms with Gasteiger partial charge in [-0.25, -0.2) is 0 Å². The van der Waals surface area contributed by atoms with E-state index in [2.05, 4.69) is 0 Å². The van der Waals surface area contributed by atoms with E-state index in [-0.39, 0.29) is 41.4 Å². The summed E-state index contributed by atoms with van der Waals surface area (Å²) in [5.74, 6) is -6.18. The lowest BCUT2D eigenvalue weighted by Gasteiger charge is -2.44. The van der Waals surface area contributed by atoms with Gasteiger partial charge in [0.25, 0.3) is 0 Å². The van der Waals surface area contributed by atoms with Crippen LogP contribution in [0.1, 0.15) is 55.4 Å². The summed E-state index contributed by atoms with van der Waals surface area (Å²) in [4.78, 5) is 1.89. The molecule has 2 aromatic rings. The van der Waals surface area contributed by atoms with Crippen molar-refractivity contribution in [2.24, 2.45) is 0 Å². The molecule has 3 heterocycles. The van der Waals surface area contributed by atoms with Gasteiger partial charge in [0.2, 0.25) is 11.8 Å². The Hall–Kier alpha value is -2.90. The normalized spacial score (nSPS) is 23.5. The minimum absolute atomic E-state index is 0.0538. The molecule has 0 saturated carbocycles. The molecule has 42 heavy (non-hydrogen) atoms. The number of nitriles is 1. The van der Waals surface area contributed by atoms with E-state index in [1.807, 2.05) is 4.90 Å². The number of nitrogens with zero attached hydrogens (tertiary/aromatic N) is 3. The lowest BCUT2D eigenvalue weighted by molar-refractivity contribution is -0.284. The van der Waals surface area contributed by atoms with Gasteiger partial charge in [0.15, 0.2) is 0 Å². The fourth-order valence-electron chi connectivity index (χ4n) is 5.83. The van der Waals surface area contributed by atoms with E-state index in [0.717, 1.165) is 10.6 Å². The molecule has 1 aromatic heterocycles. The van der Waals surface area contributed by atoms with Crippen LogP contribution in [0.2, 0.25) is 0 Å². The molecular weight excluding hydrogens is 602 g/mol. The van der Waals surface area contributed by atoms with E-state index >= 15 is 0 Å². The molecule has 3 atom stereocenters.